The van der Waals surface area contributed by atoms with Crippen LogP contribution in [0.5, 0.6) is 0 Å². The van der Waals surface area contributed by atoms with Gasteiger partial charge in [-0.05, 0) is 24.5 Å². The molecule has 1 rings (SSSR count). The van der Waals surface area contributed by atoms with Crippen LogP contribution in [0.4, 0.5) is 0 Å². The Balaban J connectivity index is 2.53. The van der Waals surface area contributed by atoms with E-state index < -0.39 is 0 Å². The fourth-order valence-electron chi connectivity index (χ4n) is 1.31. The highest BCUT2D eigenvalue weighted by Crippen LogP contribution is 2.13. The van der Waals surface area contributed by atoms with Gasteiger partial charge in [0, 0.05) is 31.6 Å². The van der Waals surface area contributed by atoms with E-state index in [1.165, 1.54) is 5.56 Å². The zero-order valence-electron chi connectivity index (χ0n) is 8.11. The van der Waals surface area contributed by atoms with Gasteiger partial charge < -0.3 is 15.4 Å². The maximum Gasteiger partial charge on any atom is 0.0448 e. The van der Waals surface area contributed by atoms with E-state index in [0.717, 1.165) is 19.4 Å². The van der Waals surface area contributed by atoms with Crippen LogP contribution >= 0.6 is 0 Å². The normalized spacial score (nSPS) is 13.2. The molecule has 1 unspecified atom stereocenters. The summed E-state index contributed by atoms with van der Waals surface area (Å²) < 4.78 is 2.07. The molecule has 1 aromatic rings. The molecule has 74 valence electrons. The Hall–Kier alpha value is -0.800. The van der Waals surface area contributed by atoms with E-state index in [1.54, 1.807) is 0 Å². The number of nitrogens with two attached hydrogens (primary N) is 1. The third-order valence-corrected chi connectivity index (χ3v) is 2.22. The van der Waals surface area contributed by atoms with Gasteiger partial charge in [-0.2, -0.15) is 0 Å². The van der Waals surface area contributed by atoms with Crippen molar-refractivity contribution in [2.75, 3.05) is 6.61 Å². The number of aliphatic hydroxyl groups is 1. The highest BCUT2D eigenvalue weighted by molar-refractivity contribution is 5.14. The molecule has 0 aliphatic heterocycles. The standard InChI is InChI=1S/C10H18N2O/c1-2-10(11)9-4-6-12(8-9)5-3-7-13/h4,6,8,10,13H,2-3,5,7,11H2,1H3. The van der Waals surface area contributed by atoms with Crippen LogP contribution in [0.2, 0.25) is 0 Å². The molecule has 1 aromatic heterocycles. The van der Waals surface area contributed by atoms with Crippen molar-refractivity contribution in [3.63, 3.8) is 0 Å². The lowest BCUT2D eigenvalue weighted by molar-refractivity contribution is 0.280. The summed E-state index contributed by atoms with van der Waals surface area (Å²) in [6, 6.07) is 2.20. The number of hydrogen-bond acceptors (Lipinski definition) is 2. The zero-order valence-corrected chi connectivity index (χ0v) is 8.11. The monoisotopic (exact) mass is 182 g/mol. The average molecular weight is 182 g/mol. The SMILES string of the molecule is CCC(N)c1ccn(CCCO)c1. The fraction of sp³-hybridized carbons (Fsp3) is 0.600. The van der Waals surface area contributed by atoms with Crippen LogP contribution in [0.1, 0.15) is 31.4 Å². The number of aliphatic hydroxyl groups excluding tert-OH is 1. The van der Waals surface area contributed by atoms with E-state index in [1.807, 2.05) is 12.3 Å². The van der Waals surface area contributed by atoms with Gasteiger partial charge in [0.15, 0.2) is 0 Å². The van der Waals surface area contributed by atoms with Crippen molar-refractivity contribution >= 4 is 0 Å². The van der Waals surface area contributed by atoms with Crippen molar-refractivity contribution in [3.8, 4) is 0 Å². The zero-order chi connectivity index (χ0) is 9.68. The number of aromatic nitrogens is 1. The molecular formula is C10H18N2O. The van der Waals surface area contributed by atoms with Crippen LogP contribution in [0.3, 0.4) is 0 Å². The van der Waals surface area contributed by atoms with Gasteiger partial charge in [-0.15, -0.1) is 0 Å². The molecule has 0 fully saturated rings. The third kappa shape index (κ3) is 2.86. The molecule has 0 saturated carbocycles. The minimum Gasteiger partial charge on any atom is -0.396 e. The minimum absolute atomic E-state index is 0.148. The van der Waals surface area contributed by atoms with Crippen LogP contribution in [0, 0.1) is 0 Å². The smallest absolute Gasteiger partial charge is 0.0448 e. The lowest BCUT2D eigenvalue weighted by Gasteiger charge is -2.05. The topological polar surface area (TPSA) is 51.2 Å². The Labute approximate surface area is 79.2 Å². The van der Waals surface area contributed by atoms with E-state index in [-0.39, 0.29) is 12.6 Å². The van der Waals surface area contributed by atoms with Gasteiger partial charge >= 0.3 is 0 Å². The number of rotatable bonds is 5. The van der Waals surface area contributed by atoms with E-state index in [9.17, 15) is 0 Å². The van der Waals surface area contributed by atoms with Crippen LogP contribution in [0.25, 0.3) is 0 Å². The first-order valence-corrected chi connectivity index (χ1v) is 4.80. The second-order valence-electron chi connectivity index (χ2n) is 3.27. The second kappa shape index (κ2) is 5.04. The van der Waals surface area contributed by atoms with Crippen LogP contribution in [-0.4, -0.2) is 16.3 Å². The third-order valence-electron chi connectivity index (χ3n) is 2.22. The van der Waals surface area contributed by atoms with Gasteiger partial charge in [0.05, 0.1) is 0 Å². The van der Waals surface area contributed by atoms with Crippen molar-refractivity contribution in [1.29, 1.82) is 0 Å². The minimum atomic E-state index is 0.148. The molecule has 0 radical (unpaired) electrons. The lowest BCUT2D eigenvalue weighted by Crippen LogP contribution is -2.07. The first-order chi connectivity index (χ1) is 6.27. The van der Waals surface area contributed by atoms with Crippen molar-refractivity contribution in [1.82, 2.24) is 4.57 Å². The second-order valence-corrected chi connectivity index (χ2v) is 3.27. The first kappa shape index (κ1) is 10.3. The summed E-state index contributed by atoms with van der Waals surface area (Å²) in [7, 11) is 0. The Bertz CT molecular complexity index is 245. The van der Waals surface area contributed by atoms with Gasteiger partial charge in [-0.1, -0.05) is 6.92 Å². The molecule has 13 heavy (non-hydrogen) atoms. The first-order valence-electron chi connectivity index (χ1n) is 4.80. The molecule has 0 aliphatic rings. The number of hydrogen-bond donors (Lipinski definition) is 2. The van der Waals surface area contributed by atoms with Crippen molar-refractivity contribution in [3.05, 3.63) is 24.0 Å². The summed E-state index contributed by atoms with van der Waals surface area (Å²) in [5.41, 5.74) is 7.05. The molecule has 1 atom stereocenters. The van der Waals surface area contributed by atoms with Crippen LogP contribution in [0.15, 0.2) is 18.5 Å². The molecule has 3 nitrogen and oxygen atoms in total. The quantitative estimate of drug-likeness (QED) is 0.720. The molecule has 0 amide bonds. The van der Waals surface area contributed by atoms with Crippen LogP contribution in [-0.2, 0) is 6.54 Å². The number of nitrogens with zero attached hydrogens (tertiary/aromatic N) is 1. The van der Waals surface area contributed by atoms with E-state index in [4.69, 9.17) is 10.8 Å². The molecular weight excluding hydrogens is 164 g/mol. The summed E-state index contributed by atoms with van der Waals surface area (Å²) in [5, 5.41) is 8.65. The predicted molar refractivity (Wildman–Crippen MR) is 53.4 cm³/mol. The lowest BCUT2D eigenvalue weighted by atomic mass is 10.1. The molecule has 1 heterocycles. The van der Waals surface area contributed by atoms with Gasteiger partial charge in [-0.25, -0.2) is 0 Å². The van der Waals surface area contributed by atoms with E-state index in [2.05, 4.69) is 17.7 Å². The Kier molecular flexibility index (Phi) is 3.99. The highest BCUT2D eigenvalue weighted by atomic mass is 16.3. The molecule has 0 aliphatic carbocycles. The fourth-order valence-corrected chi connectivity index (χ4v) is 1.31. The van der Waals surface area contributed by atoms with Crippen molar-refractivity contribution in [2.45, 2.75) is 32.4 Å². The Morgan fingerprint density at radius 3 is 3.00 bits per heavy atom. The largest absolute Gasteiger partial charge is 0.396 e. The maximum absolute atomic E-state index is 8.65. The van der Waals surface area contributed by atoms with Gasteiger partial charge in [0.2, 0.25) is 0 Å². The predicted octanol–water partition coefficient (Wildman–Crippen LogP) is 1.28. The summed E-state index contributed by atoms with van der Waals surface area (Å²) >= 11 is 0. The summed E-state index contributed by atoms with van der Waals surface area (Å²) in [6.45, 7) is 3.19. The molecule has 0 bridgehead atoms. The number of aryl methyl sites for hydroxylation is 1. The van der Waals surface area contributed by atoms with Crippen molar-refractivity contribution in [2.24, 2.45) is 5.73 Å². The van der Waals surface area contributed by atoms with Crippen LogP contribution < -0.4 is 5.73 Å². The molecule has 3 heteroatoms. The maximum atomic E-state index is 8.65. The molecule has 0 saturated heterocycles. The van der Waals surface area contributed by atoms with E-state index in [0.29, 0.717) is 0 Å². The molecule has 0 spiro atoms. The molecule has 3 N–H and O–H groups in total. The highest BCUT2D eigenvalue weighted by Gasteiger charge is 2.03. The summed E-state index contributed by atoms with van der Waals surface area (Å²) in [6.07, 6.45) is 5.84. The molecule has 0 aromatic carbocycles. The summed E-state index contributed by atoms with van der Waals surface area (Å²) in [4.78, 5) is 0. The van der Waals surface area contributed by atoms with Gasteiger partial charge in [0.25, 0.3) is 0 Å². The Morgan fingerprint density at radius 1 is 1.62 bits per heavy atom. The average Bonchev–Trinajstić information content (AvgIpc) is 2.62. The van der Waals surface area contributed by atoms with Gasteiger partial charge in [-0.3, -0.25) is 0 Å². The van der Waals surface area contributed by atoms with Gasteiger partial charge in [0.1, 0.15) is 0 Å². The Morgan fingerprint density at radius 2 is 2.38 bits per heavy atom. The summed E-state index contributed by atoms with van der Waals surface area (Å²) in [5.74, 6) is 0. The van der Waals surface area contributed by atoms with E-state index >= 15 is 0 Å². The van der Waals surface area contributed by atoms with Crippen molar-refractivity contribution < 1.29 is 5.11 Å².